The van der Waals surface area contributed by atoms with E-state index in [-0.39, 0.29) is 12.3 Å². The van der Waals surface area contributed by atoms with E-state index in [9.17, 15) is 13.6 Å². The highest BCUT2D eigenvalue weighted by Gasteiger charge is 2.22. The van der Waals surface area contributed by atoms with Gasteiger partial charge in [0.1, 0.15) is 5.76 Å². The summed E-state index contributed by atoms with van der Waals surface area (Å²) in [5, 5.41) is 1.93. The van der Waals surface area contributed by atoms with Crippen molar-refractivity contribution in [2.75, 3.05) is 7.05 Å². The maximum Gasteiger partial charge on any atom is 0.236 e. The highest BCUT2D eigenvalue weighted by Crippen LogP contribution is 2.27. The van der Waals surface area contributed by atoms with Gasteiger partial charge in [-0.1, -0.05) is 12.1 Å². The maximum atomic E-state index is 13.4. The summed E-state index contributed by atoms with van der Waals surface area (Å²) in [6, 6.07) is 7.06. The van der Waals surface area contributed by atoms with Crippen LogP contribution in [0.25, 0.3) is 10.8 Å². The zero-order valence-electron chi connectivity index (χ0n) is 14.6. The molecule has 1 amide bonds. The molecule has 0 spiro atoms. The molecule has 0 saturated carbocycles. The lowest BCUT2D eigenvalue weighted by molar-refractivity contribution is -0.131. The standard InChI is InChI=1S/C19H18F2N2O2S/c1-11(13-6-7-14(20)15(21)9-13)23(3)18(24)10-16-12(2)25-19(22-16)17-5-4-8-26-17/h4-9,11H,10H2,1-3H3. The van der Waals surface area contributed by atoms with Crippen LogP contribution in [-0.4, -0.2) is 22.8 Å². The van der Waals surface area contributed by atoms with Gasteiger partial charge in [-0.3, -0.25) is 4.79 Å². The maximum absolute atomic E-state index is 13.4. The van der Waals surface area contributed by atoms with Gasteiger partial charge in [0.15, 0.2) is 11.6 Å². The predicted molar refractivity (Wildman–Crippen MR) is 95.8 cm³/mol. The highest BCUT2D eigenvalue weighted by molar-refractivity contribution is 7.13. The molecule has 1 aromatic carbocycles. The van der Waals surface area contributed by atoms with Crippen LogP contribution in [0.15, 0.2) is 40.1 Å². The van der Waals surface area contributed by atoms with E-state index in [1.54, 1.807) is 20.9 Å². The Morgan fingerprint density at radius 2 is 2.08 bits per heavy atom. The zero-order valence-corrected chi connectivity index (χ0v) is 15.4. The van der Waals surface area contributed by atoms with E-state index in [0.717, 1.165) is 17.0 Å². The normalized spacial score (nSPS) is 12.2. The van der Waals surface area contributed by atoms with Crippen molar-refractivity contribution in [3.05, 3.63) is 64.4 Å². The molecule has 0 aliphatic heterocycles. The van der Waals surface area contributed by atoms with Gasteiger partial charge in [-0.25, -0.2) is 13.8 Å². The first kappa shape index (κ1) is 18.3. The van der Waals surface area contributed by atoms with Crippen LogP contribution in [0.3, 0.4) is 0 Å². The van der Waals surface area contributed by atoms with Crippen molar-refractivity contribution in [3.8, 4) is 10.8 Å². The number of halogens is 2. The summed E-state index contributed by atoms with van der Waals surface area (Å²) in [6.07, 6.45) is 0.0746. The van der Waals surface area contributed by atoms with Crippen molar-refractivity contribution in [3.63, 3.8) is 0 Å². The zero-order chi connectivity index (χ0) is 18.8. The Labute approximate surface area is 154 Å². The van der Waals surface area contributed by atoms with E-state index in [1.165, 1.54) is 22.3 Å². The predicted octanol–water partition coefficient (Wildman–Crippen LogP) is 4.75. The number of carbonyl (C=O) groups excluding carboxylic acids is 1. The van der Waals surface area contributed by atoms with Gasteiger partial charge in [-0.15, -0.1) is 11.3 Å². The van der Waals surface area contributed by atoms with E-state index in [4.69, 9.17) is 4.42 Å². The van der Waals surface area contributed by atoms with Crippen LogP contribution in [0.4, 0.5) is 8.78 Å². The molecular weight excluding hydrogens is 358 g/mol. The largest absolute Gasteiger partial charge is 0.440 e. The number of oxazole rings is 1. The molecule has 1 unspecified atom stereocenters. The van der Waals surface area contributed by atoms with Crippen LogP contribution < -0.4 is 0 Å². The van der Waals surface area contributed by atoms with Gasteiger partial charge in [0, 0.05) is 7.05 Å². The van der Waals surface area contributed by atoms with Crippen molar-refractivity contribution in [1.82, 2.24) is 9.88 Å². The number of aryl methyl sites for hydroxylation is 1. The summed E-state index contributed by atoms with van der Waals surface area (Å²) in [5.74, 6) is -0.930. The van der Waals surface area contributed by atoms with E-state index < -0.39 is 17.7 Å². The van der Waals surface area contributed by atoms with E-state index in [1.807, 2.05) is 17.5 Å². The van der Waals surface area contributed by atoms with Crippen LogP contribution in [0.1, 0.15) is 30.0 Å². The van der Waals surface area contributed by atoms with Crippen LogP contribution in [0, 0.1) is 18.6 Å². The first-order valence-corrected chi connectivity index (χ1v) is 8.95. The van der Waals surface area contributed by atoms with Crippen LogP contribution in [-0.2, 0) is 11.2 Å². The first-order valence-electron chi connectivity index (χ1n) is 8.07. The Balaban J connectivity index is 1.74. The quantitative estimate of drug-likeness (QED) is 0.645. The van der Waals surface area contributed by atoms with Crippen LogP contribution in [0.5, 0.6) is 0 Å². The van der Waals surface area contributed by atoms with Gasteiger partial charge in [-0.05, 0) is 43.0 Å². The molecular formula is C19H18F2N2O2S. The summed E-state index contributed by atoms with van der Waals surface area (Å²) in [7, 11) is 1.63. The molecule has 0 radical (unpaired) electrons. The van der Waals surface area contributed by atoms with E-state index >= 15 is 0 Å². The molecule has 7 heteroatoms. The average Bonchev–Trinajstić information content (AvgIpc) is 3.26. The first-order chi connectivity index (χ1) is 12.4. The van der Waals surface area contributed by atoms with Gasteiger partial charge >= 0.3 is 0 Å². The van der Waals surface area contributed by atoms with Gasteiger partial charge in [0.25, 0.3) is 0 Å². The number of carbonyl (C=O) groups is 1. The lowest BCUT2D eigenvalue weighted by Gasteiger charge is -2.25. The molecule has 0 aliphatic carbocycles. The molecule has 26 heavy (non-hydrogen) atoms. The highest BCUT2D eigenvalue weighted by atomic mass is 32.1. The fraction of sp³-hybridized carbons (Fsp3) is 0.263. The average molecular weight is 376 g/mol. The third-order valence-corrected chi connectivity index (χ3v) is 5.20. The Morgan fingerprint density at radius 3 is 2.73 bits per heavy atom. The minimum Gasteiger partial charge on any atom is -0.440 e. The van der Waals surface area contributed by atoms with Gasteiger partial charge in [0.2, 0.25) is 11.8 Å². The SMILES string of the molecule is Cc1oc(-c2cccs2)nc1CC(=O)N(C)C(C)c1ccc(F)c(F)c1. The molecule has 0 bridgehead atoms. The van der Waals surface area contributed by atoms with E-state index in [2.05, 4.69) is 4.98 Å². The van der Waals surface area contributed by atoms with Crippen molar-refractivity contribution in [2.24, 2.45) is 0 Å². The fourth-order valence-corrected chi connectivity index (χ4v) is 3.23. The third-order valence-electron chi connectivity index (χ3n) is 4.34. The fourth-order valence-electron chi connectivity index (χ4n) is 2.58. The summed E-state index contributed by atoms with van der Waals surface area (Å²) in [4.78, 5) is 19.4. The number of hydrogen-bond donors (Lipinski definition) is 0. The molecule has 0 N–H and O–H groups in total. The van der Waals surface area contributed by atoms with Gasteiger partial charge in [0.05, 0.1) is 23.0 Å². The molecule has 3 rings (SSSR count). The van der Waals surface area contributed by atoms with Crippen LogP contribution >= 0.6 is 11.3 Å². The number of hydrogen-bond acceptors (Lipinski definition) is 4. The molecule has 136 valence electrons. The second kappa shape index (κ2) is 7.37. The van der Waals surface area contributed by atoms with Crippen molar-refractivity contribution in [2.45, 2.75) is 26.3 Å². The summed E-state index contributed by atoms with van der Waals surface area (Å²) in [6.45, 7) is 3.53. The minimum atomic E-state index is -0.928. The molecule has 0 fully saturated rings. The number of rotatable bonds is 5. The molecule has 0 saturated heterocycles. The van der Waals surface area contributed by atoms with Crippen molar-refractivity contribution >= 4 is 17.2 Å². The second-order valence-electron chi connectivity index (χ2n) is 6.03. The van der Waals surface area contributed by atoms with E-state index in [0.29, 0.717) is 22.9 Å². The topological polar surface area (TPSA) is 46.3 Å². The number of thiophene rings is 1. The number of likely N-dealkylation sites (N-methyl/N-ethyl adjacent to an activating group) is 1. The minimum absolute atomic E-state index is 0.0746. The molecule has 4 nitrogen and oxygen atoms in total. The van der Waals surface area contributed by atoms with Crippen molar-refractivity contribution < 1.29 is 18.0 Å². The Kier molecular flexibility index (Phi) is 5.18. The molecule has 2 aromatic heterocycles. The smallest absolute Gasteiger partial charge is 0.236 e. The second-order valence-corrected chi connectivity index (χ2v) is 6.98. The third kappa shape index (κ3) is 3.67. The number of aromatic nitrogens is 1. The Morgan fingerprint density at radius 1 is 1.31 bits per heavy atom. The van der Waals surface area contributed by atoms with Crippen molar-refractivity contribution in [1.29, 1.82) is 0 Å². The Hall–Kier alpha value is -2.54. The lowest BCUT2D eigenvalue weighted by Crippen LogP contribution is -2.31. The molecule has 3 aromatic rings. The molecule has 2 heterocycles. The molecule has 0 aliphatic rings. The number of benzene rings is 1. The number of nitrogens with zero attached hydrogens (tertiary/aromatic N) is 2. The summed E-state index contributed by atoms with van der Waals surface area (Å²) >= 11 is 1.51. The lowest BCUT2D eigenvalue weighted by atomic mass is 10.1. The number of amides is 1. The summed E-state index contributed by atoms with van der Waals surface area (Å²) in [5.41, 5.74) is 1.10. The monoisotopic (exact) mass is 376 g/mol. The Bertz CT molecular complexity index is 922. The van der Waals surface area contributed by atoms with Gasteiger partial charge in [-0.2, -0.15) is 0 Å². The summed E-state index contributed by atoms with van der Waals surface area (Å²) < 4.78 is 32.2. The van der Waals surface area contributed by atoms with Gasteiger partial charge < -0.3 is 9.32 Å². The molecule has 1 atom stereocenters. The van der Waals surface area contributed by atoms with Crippen LogP contribution in [0.2, 0.25) is 0 Å².